The number of sulfone groups is 1. The summed E-state index contributed by atoms with van der Waals surface area (Å²) in [6.45, 7) is 3.63. The van der Waals surface area contributed by atoms with Gasteiger partial charge in [0.05, 0.1) is 22.4 Å². The van der Waals surface area contributed by atoms with Crippen molar-refractivity contribution in [1.29, 1.82) is 0 Å². The molecule has 0 atom stereocenters. The third-order valence-electron chi connectivity index (χ3n) is 3.07. The highest BCUT2D eigenvalue weighted by Gasteiger charge is 2.23. The average Bonchev–Trinajstić information content (AvgIpc) is 2.98. The number of urea groups is 1. The van der Waals surface area contributed by atoms with Crippen LogP contribution in [0.5, 0.6) is 0 Å². The van der Waals surface area contributed by atoms with E-state index in [1.165, 1.54) is 6.07 Å². The van der Waals surface area contributed by atoms with Crippen LogP contribution < -0.4 is 10.6 Å². The van der Waals surface area contributed by atoms with Crippen molar-refractivity contribution in [3.63, 3.8) is 0 Å². The number of nitrogens with one attached hydrogen (secondary N) is 2. The van der Waals surface area contributed by atoms with Crippen molar-refractivity contribution < 1.29 is 13.2 Å². The fraction of sp³-hybridized carbons (Fsp3) is 0.267. The van der Waals surface area contributed by atoms with Gasteiger partial charge in [-0.05, 0) is 37.4 Å². The predicted octanol–water partition coefficient (Wildman–Crippen LogP) is 3.25. The number of amides is 2. The standard InChI is InChI=1S/C15H18N2O3S2/c1-11(2)22(19,20)14-8-4-3-7-13(14)17-15(18)16-10-12-6-5-9-21-12/h3-9,11H,10H2,1-2H3,(H2,16,17,18). The monoisotopic (exact) mass is 338 g/mol. The van der Waals surface area contributed by atoms with Gasteiger partial charge in [0.25, 0.3) is 0 Å². The van der Waals surface area contributed by atoms with E-state index in [2.05, 4.69) is 10.6 Å². The SMILES string of the molecule is CC(C)S(=O)(=O)c1ccccc1NC(=O)NCc1cccs1. The second-order valence-corrected chi connectivity index (χ2v) is 8.48. The fourth-order valence-electron chi connectivity index (χ4n) is 1.82. The first kappa shape index (κ1) is 16.5. The zero-order valence-corrected chi connectivity index (χ0v) is 14.0. The van der Waals surface area contributed by atoms with Gasteiger partial charge in [0.15, 0.2) is 9.84 Å². The van der Waals surface area contributed by atoms with Crippen molar-refractivity contribution in [3.8, 4) is 0 Å². The van der Waals surface area contributed by atoms with E-state index in [9.17, 15) is 13.2 Å². The number of hydrogen-bond donors (Lipinski definition) is 2. The van der Waals surface area contributed by atoms with Gasteiger partial charge < -0.3 is 10.6 Å². The van der Waals surface area contributed by atoms with Crippen LogP contribution in [0.25, 0.3) is 0 Å². The van der Waals surface area contributed by atoms with Gasteiger partial charge >= 0.3 is 6.03 Å². The van der Waals surface area contributed by atoms with Crippen LogP contribution in [0.4, 0.5) is 10.5 Å². The van der Waals surface area contributed by atoms with E-state index in [1.807, 2.05) is 17.5 Å². The summed E-state index contributed by atoms with van der Waals surface area (Å²) < 4.78 is 24.6. The van der Waals surface area contributed by atoms with Crippen molar-refractivity contribution in [1.82, 2.24) is 5.32 Å². The highest BCUT2D eigenvalue weighted by molar-refractivity contribution is 7.92. The Hall–Kier alpha value is -1.86. The Morgan fingerprint density at radius 1 is 1.18 bits per heavy atom. The first-order chi connectivity index (χ1) is 10.4. The Balaban J connectivity index is 2.11. The molecule has 0 aliphatic rings. The highest BCUT2D eigenvalue weighted by atomic mass is 32.2. The van der Waals surface area contributed by atoms with Gasteiger partial charge in [-0.25, -0.2) is 13.2 Å². The molecule has 0 bridgehead atoms. The van der Waals surface area contributed by atoms with Crippen LogP contribution in [0.15, 0.2) is 46.7 Å². The Labute approximate surface area is 134 Å². The molecule has 0 fully saturated rings. The molecule has 1 aromatic heterocycles. The summed E-state index contributed by atoms with van der Waals surface area (Å²) in [6.07, 6.45) is 0. The number of carbonyl (C=O) groups excluding carboxylic acids is 1. The molecule has 0 spiro atoms. The maximum absolute atomic E-state index is 12.3. The molecule has 0 radical (unpaired) electrons. The van der Waals surface area contributed by atoms with Crippen LogP contribution in [-0.4, -0.2) is 19.7 Å². The molecule has 0 saturated carbocycles. The number of thiophene rings is 1. The maximum atomic E-state index is 12.3. The lowest BCUT2D eigenvalue weighted by Gasteiger charge is -2.14. The van der Waals surface area contributed by atoms with E-state index in [0.717, 1.165) is 4.88 Å². The molecule has 0 aliphatic heterocycles. The summed E-state index contributed by atoms with van der Waals surface area (Å²) in [5, 5.41) is 6.70. The van der Waals surface area contributed by atoms with Crippen LogP contribution >= 0.6 is 11.3 Å². The zero-order chi connectivity index (χ0) is 16.2. The predicted molar refractivity (Wildman–Crippen MR) is 88.9 cm³/mol. The van der Waals surface area contributed by atoms with E-state index in [-0.39, 0.29) is 4.90 Å². The first-order valence-corrected chi connectivity index (χ1v) is 9.24. The average molecular weight is 338 g/mol. The normalized spacial score (nSPS) is 11.4. The van der Waals surface area contributed by atoms with E-state index < -0.39 is 21.1 Å². The number of carbonyl (C=O) groups is 1. The van der Waals surface area contributed by atoms with Crippen LogP contribution in [0.2, 0.25) is 0 Å². The molecule has 1 aromatic carbocycles. The Morgan fingerprint density at radius 3 is 2.55 bits per heavy atom. The van der Waals surface area contributed by atoms with Crippen LogP contribution in [-0.2, 0) is 16.4 Å². The fourth-order valence-corrected chi connectivity index (χ4v) is 3.67. The van der Waals surface area contributed by atoms with E-state index in [4.69, 9.17) is 0 Å². The van der Waals surface area contributed by atoms with Crippen LogP contribution in [0.1, 0.15) is 18.7 Å². The second-order valence-electron chi connectivity index (χ2n) is 4.98. The molecule has 0 aliphatic carbocycles. The first-order valence-electron chi connectivity index (χ1n) is 6.81. The van der Waals surface area contributed by atoms with Crippen molar-refractivity contribution >= 4 is 32.9 Å². The summed E-state index contributed by atoms with van der Waals surface area (Å²) in [5.41, 5.74) is 0.292. The van der Waals surface area contributed by atoms with Crippen molar-refractivity contribution in [2.75, 3.05) is 5.32 Å². The molecule has 22 heavy (non-hydrogen) atoms. The van der Waals surface area contributed by atoms with Crippen molar-refractivity contribution in [3.05, 3.63) is 46.7 Å². The molecule has 2 rings (SSSR count). The quantitative estimate of drug-likeness (QED) is 0.879. The minimum absolute atomic E-state index is 0.135. The molecule has 2 N–H and O–H groups in total. The summed E-state index contributed by atoms with van der Waals surface area (Å²) in [4.78, 5) is 13.1. The lowest BCUT2D eigenvalue weighted by molar-refractivity contribution is 0.252. The van der Waals surface area contributed by atoms with E-state index >= 15 is 0 Å². The molecule has 2 aromatic rings. The molecule has 5 nitrogen and oxygen atoms in total. The molecule has 0 unspecified atom stereocenters. The van der Waals surface area contributed by atoms with Gasteiger partial charge in [-0.2, -0.15) is 0 Å². The summed E-state index contributed by atoms with van der Waals surface area (Å²) >= 11 is 1.54. The number of para-hydroxylation sites is 1. The van der Waals surface area contributed by atoms with Crippen molar-refractivity contribution in [2.24, 2.45) is 0 Å². The Bertz CT molecular complexity index is 738. The summed E-state index contributed by atoms with van der Waals surface area (Å²) in [7, 11) is -3.45. The van der Waals surface area contributed by atoms with Gasteiger partial charge in [-0.15, -0.1) is 11.3 Å². The highest BCUT2D eigenvalue weighted by Crippen LogP contribution is 2.24. The third kappa shape index (κ3) is 3.86. The topological polar surface area (TPSA) is 75.3 Å². The Morgan fingerprint density at radius 2 is 1.91 bits per heavy atom. The van der Waals surface area contributed by atoms with E-state index in [1.54, 1.807) is 43.4 Å². The van der Waals surface area contributed by atoms with Crippen molar-refractivity contribution in [2.45, 2.75) is 30.5 Å². The third-order valence-corrected chi connectivity index (χ3v) is 6.15. The second kappa shape index (κ2) is 6.93. The van der Waals surface area contributed by atoms with Gasteiger partial charge in [0.2, 0.25) is 0 Å². The lowest BCUT2D eigenvalue weighted by Crippen LogP contribution is -2.29. The summed E-state index contributed by atoms with van der Waals surface area (Å²) in [5.74, 6) is 0. The van der Waals surface area contributed by atoms with E-state index in [0.29, 0.717) is 12.2 Å². The number of rotatable bonds is 5. The van der Waals surface area contributed by atoms with Gasteiger partial charge in [-0.3, -0.25) is 0 Å². The molecule has 2 amide bonds. The van der Waals surface area contributed by atoms with Gasteiger partial charge in [-0.1, -0.05) is 18.2 Å². The number of hydrogen-bond acceptors (Lipinski definition) is 4. The van der Waals surface area contributed by atoms with Gasteiger partial charge in [0.1, 0.15) is 0 Å². The molecule has 118 valence electrons. The summed E-state index contributed by atoms with van der Waals surface area (Å²) in [6, 6.07) is 9.81. The molecular weight excluding hydrogens is 320 g/mol. The van der Waals surface area contributed by atoms with Crippen LogP contribution in [0.3, 0.4) is 0 Å². The molecular formula is C15H18N2O3S2. The number of benzene rings is 1. The Kier molecular flexibility index (Phi) is 5.20. The number of anilines is 1. The van der Waals surface area contributed by atoms with Gasteiger partial charge in [0, 0.05) is 4.88 Å². The minimum atomic E-state index is -3.45. The lowest BCUT2D eigenvalue weighted by atomic mass is 10.3. The van der Waals surface area contributed by atoms with Crippen LogP contribution in [0, 0.1) is 0 Å². The maximum Gasteiger partial charge on any atom is 0.319 e. The smallest absolute Gasteiger partial charge is 0.319 e. The minimum Gasteiger partial charge on any atom is -0.333 e. The zero-order valence-electron chi connectivity index (χ0n) is 12.4. The molecule has 1 heterocycles. The molecule has 7 heteroatoms. The molecule has 0 saturated heterocycles. The largest absolute Gasteiger partial charge is 0.333 e.